The number of carbonyl (C=O) groups is 3. The summed E-state index contributed by atoms with van der Waals surface area (Å²) < 4.78 is 5.31. The highest BCUT2D eigenvalue weighted by molar-refractivity contribution is 6.01. The number of ether oxygens (including phenoxy) is 1. The van der Waals surface area contributed by atoms with Crippen LogP contribution >= 0.6 is 0 Å². The van der Waals surface area contributed by atoms with Crippen molar-refractivity contribution >= 4 is 28.6 Å². The highest BCUT2D eigenvalue weighted by atomic mass is 16.5. The Labute approximate surface area is 209 Å². The number of carbonyl (C=O) groups excluding carboxylic acids is 3. The van der Waals surface area contributed by atoms with Crippen LogP contribution in [0.25, 0.3) is 10.9 Å². The first-order valence-corrected chi connectivity index (χ1v) is 11.9. The zero-order valence-corrected chi connectivity index (χ0v) is 20.0. The van der Waals surface area contributed by atoms with E-state index >= 15 is 0 Å². The fourth-order valence-electron chi connectivity index (χ4n) is 4.67. The monoisotopic (exact) mass is 481 g/mol. The molecule has 2 N–H and O–H groups in total. The average Bonchev–Trinajstić information content (AvgIpc) is 3.48. The number of para-hydroxylation sites is 1. The minimum absolute atomic E-state index is 0.0672. The fraction of sp³-hybridized carbons (Fsp3) is 0.207. The molecule has 36 heavy (non-hydrogen) atoms. The highest BCUT2D eigenvalue weighted by Gasteiger charge is 2.28. The molecule has 1 aliphatic rings. The number of H-pyrrole nitrogens is 1. The summed E-state index contributed by atoms with van der Waals surface area (Å²) >= 11 is 0. The van der Waals surface area contributed by atoms with Crippen LogP contribution < -0.4 is 10.1 Å². The number of nitrogens with zero attached hydrogens (tertiary/aromatic N) is 1. The van der Waals surface area contributed by atoms with Crippen LogP contribution in [0.15, 0.2) is 79.0 Å². The quantitative estimate of drug-likeness (QED) is 0.365. The van der Waals surface area contributed by atoms with Crippen LogP contribution in [-0.4, -0.2) is 41.3 Å². The lowest BCUT2D eigenvalue weighted by molar-refractivity contribution is -0.139. The molecule has 1 aromatic heterocycles. The molecular formula is C29H27N3O4. The summed E-state index contributed by atoms with van der Waals surface area (Å²) in [4.78, 5) is 41.4. The van der Waals surface area contributed by atoms with E-state index in [0.29, 0.717) is 12.1 Å². The smallest absolute Gasteiger partial charge is 0.251 e. The first kappa shape index (κ1) is 23.4. The molecule has 1 saturated heterocycles. The number of amides is 3. The van der Waals surface area contributed by atoms with E-state index in [0.717, 1.165) is 33.3 Å². The van der Waals surface area contributed by atoms with Gasteiger partial charge in [-0.1, -0.05) is 42.5 Å². The van der Waals surface area contributed by atoms with Crippen molar-refractivity contribution in [1.29, 1.82) is 0 Å². The van der Waals surface area contributed by atoms with E-state index in [4.69, 9.17) is 4.74 Å². The van der Waals surface area contributed by atoms with Crippen molar-refractivity contribution < 1.29 is 19.1 Å². The first-order chi connectivity index (χ1) is 17.5. The Balaban J connectivity index is 1.33. The summed E-state index contributed by atoms with van der Waals surface area (Å²) in [5, 5.41) is 4.20. The van der Waals surface area contributed by atoms with E-state index in [1.54, 1.807) is 31.4 Å². The molecule has 3 aromatic carbocycles. The van der Waals surface area contributed by atoms with Crippen LogP contribution in [-0.2, 0) is 16.1 Å². The Morgan fingerprint density at radius 3 is 2.36 bits per heavy atom. The number of aromatic amines is 1. The van der Waals surface area contributed by atoms with Crippen LogP contribution in [0.1, 0.15) is 45.8 Å². The van der Waals surface area contributed by atoms with Gasteiger partial charge in [0.1, 0.15) is 5.75 Å². The second-order valence-electron chi connectivity index (χ2n) is 8.90. The van der Waals surface area contributed by atoms with Crippen molar-refractivity contribution in [2.75, 3.05) is 13.7 Å². The molecule has 2 heterocycles. The standard InChI is InChI=1S/C29H27N3O4/c1-36-22-12-10-20(11-13-22)24(25-17-30-26-5-3-2-4-23(25)26)16-31-29(35)21-8-6-19(7-9-21)18-32-27(33)14-15-28(32)34/h2-13,17,24,30H,14-16,18H2,1H3,(H,31,35). The largest absolute Gasteiger partial charge is 0.497 e. The van der Waals surface area contributed by atoms with Gasteiger partial charge in [-0.3, -0.25) is 19.3 Å². The molecule has 7 nitrogen and oxygen atoms in total. The zero-order chi connectivity index (χ0) is 25.1. The molecular weight excluding hydrogens is 454 g/mol. The summed E-state index contributed by atoms with van der Waals surface area (Å²) in [7, 11) is 1.64. The van der Waals surface area contributed by atoms with Gasteiger partial charge in [-0.15, -0.1) is 0 Å². The molecule has 1 unspecified atom stereocenters. The van der Waals surface area contributed by atoms with Crippen molar-refractivity contribution in [3.8, 4) is 5.75 Å². The van der Waals surface area contributed by atoms with Gasteiger partial charge in [-0.2, -0.15) is 0 Å². The van der Waals surface area contributed by atoms with Crippen LogP contribution in [0.5, 0.6) is 5.75 Å². The van der Waals surface area contributed by atoms with Crippen LogP contribution in [0.4, 0.5) is 0 Å². The first-order valence-electron chi connectivity index (χ1n) is 11.9. The summed E-state index contributed by atoms with van der Waals surface area (Å²) in [6.07, 6.45) is 2.54. The van der Waals surface area contributed by atoms with E-state index in [2.05, 4.69) is 16.4 Å². The lowest BCUT2D eigenvalue weighted by Crippen LogP contribution is -2.29. The molecule has 4 aromatic rings. The predicted octanol–water partition coefficient (Wildman–Crippen LogP) is 4.39. The number of aromatic nitrogens is 1. The van der Waals surface area contributed by atoms with Crippen molar-refractivity contribution in [3.63, 3.8) is 0 Å². The van der Waals surface area contributed by atoms with Gasteiger partial charge in [-0.25, -0.2) is 0 Å². The van der Waals surface area contributed by atoms with Crippen molar-refractivity contribution in [2.45, 2.75) is 25.3 Å². The number of methoxy groups -OCH3 is 1. The number of hydrogen-bond acceptors (Lipinski definition) is 4. The molecule has 1 atom stereocenters. The van der Waals surface area contributed by atoms with Gasteiger partial charge >= 0.3 is 0 Å². The van der Waals surface area contributed by atoms with E-state index in [1.807, 2.05) is 48.7 Å². The number of likely N-dealkylation sites (tertiary alicyclic amines) is 1. The van der Waals surface area contributed by atoms with Gasteiger partial charge in [0, 0.05) is 48.0 Å². The minimum Gasteiger partial charge on any atom is -0.497 e. The maximum absolute atomic E-state index is 13.0. The molecule has 0 saturated carbocycles. The number of fused-ring (bicyclic) bond motifs is 1. The second-order valence-corrected chi connectivity index (χ2v) is 8.90. The number of benzene rings is 3. The third-order valence-electron chi connectivity index (χ3n) is 6.69. The number of hydrogen-bond donors (Lipinski definition) is 2. The zero-order valence-electron chi connectivity index (χ0n) is 20.0. The van der Waals surface area contributed by atoms with Crippen molar-refractivity contribution in [3.05, 3.63) is 101 Å². The third-order valence-corrected chi connectivity index (χ3v) is 6.69. The normalized spacial score (nSPS) is 14.3. The Morgan fingerprint density at radius 2 is 1.67 bits per heavy atom. The Hall–Kier alpha value is -4.39. The van der Waals surface area contributed by atoms with E-state index in [-0.39, 0.29) is 43.0 Å². The highest BCUT2D eigenvalue weighted by Crippen LogP contribution is 2.31. The Morgan fingerprint density at radius 1 is 0.972 bits per heavy atom. The topological polar surface area (TPSA) is 91.5 Å². The maximum Gasteiger partial charge on any atom is 0.251 e. The Bertz CT molecular complexity index is 1390. The number of rotatable bonds is 8. The molecule has 182 valence electrons. The summed E-state index contributed by atoms with van der Waals surface area (Å²) in [5.41, 5.74) is 4.54. The number of imide groups is 1. The van der Waals surface area contributed by atoms with Crippen molar-refractivity contribution in [2.24, 2.45) is 0 Å². The molecule has 0 spiro atoms. The minimum atomic E-state index is -0.187. The van der Waals surface area contributed by atoms with Crippen LogP contribution in [0.2, 0.25) is 0 Å². The molecule has 0 aliphatic carbocycles. The number of nitrogens with one attached hydrogen (secondary N) is 2. The second kappa shape index (κ2) is 10.1. The predicted molar refractivity (Wildman–Crippen MR) is 137 cm³/mol. The summed E-state index contributed by atoms with van der Waals surface area (Å²) in [6, 6.07) is 23.0. The van der Waals surface area contributed by atoms with E-state index < -0.39 is 0 Å². The molecule has 1 aliphatic heterocycles. The van der Waals surface area contributed by atoms with Crippen LogP contribution in [0.3, 0.4) is 0 Å². The summed E-state index contributed by atoms with van der Waals surface area (Å²) in [5.74, 6) is 0.223. The molecule has 7 heteroatoms. The molecule has 0 bridgehead atoms. The van der Waals surface area contributed by atoms with E-state index in [9.17, 15) is 14.4 Å². The lowest BCUT2D eigenvalue weighted by Gasteiger charge is -2.19. The van der Waals surface area contributed by atoms with Crippen molar-refractivity contribution in [1.82, 2.24) is 15.2 Å². The average molecular weight is 482 g/mol. The van der Waals surface area contributed by atoms with E-state index in [1.165, 1.54) is 4.90 Å². The fourth-order valence-corrected chi connectivity index (χ4v) is 4.67. The molecule has 1 fully saturated rings. The molecule has 3 amide bonds. The molecule has 0 radical (unpaired) electrons. The van der Waals surface area contributed by atoms with Crippen LogP contribution in [0, 0.1) is 0 Å². The summed E-state index contributed by atoms with van der Waals surface area (Å²) in [6.45, 7) is 0.644. The maximum atomic E-state index is 13.0. The lowest BCUT2D eigenvalue weighted by atomic mass is 9.90. The van der Waals surface area contributed by atoms with Gasteiger partial charge in [0.05, 0.1) is 13.7 Å². The van der Waals surface area contributed by atoms with Gasteiger partial charge in [0.2, 0.25) is 11.8 Å². The SMILES string of the molecule is COc1ccc(C(CNC(=O)c2ccc(CN3C(=O)CCC3=O)cc2)c2c[nH]c3ccccc23)cc1. The van der Waals surface area contributed by atoms with Gasteiger partial charge < -0.3 is 15.0 Å². The van der Waals surface area contributed by atoms with Gasteiger partial charge in [-0.05, 0) is 47.0 Å². The molecule has 5 rings (SSSR count). The third kappa shape index (κ3) is 4.73. The van der Waals surface area contributed by atoms with Gasteiger partial charge in [0.15, 0.2) is 0 Å². The van der Waals surface area contributed by atoms with Gasteiger partial charge in [0.25, 0.3) is 5.91 Å². The Kier molecular flexibility index (Phi) is 6.54.